The van der Waals surface area contributed by atoms with Crippen LogP contribution >= 0.6 is 0 Å². The summed E-state index contributed by atoms with van der Waals surface area (Å²) in [6, 6.07) is 7.87. The van der Waals surface area contributed by atoms with Gasteiger partial charge in [-0.05, 0) is 30.7 Å². The number of nitrogens with zero attached hydrogens (tertiary/aromatic N) is 5. The first-order valence-electron chi connectivity index (χ1n) is 8.97. The summed E-state index contributed by atoms with van der Waals surface area (Å²) in [5.41, 5.74) is 5.03. The molecule has 2 aromatic heterocycles. The normalized spacial score (nSPS) is 17.7. The first kappa shape index (κ1) is 17.9. The lowest BCUT2D eigenvalue weighted by Gasteiger charge is -2.21. The predicted octanol–water partition coefficient (Wildman–Crippen LogP) is 2.48. The highest BCUT2D eigenvalue weighted by atomic mass is 16.3. The Labute approximate surface area is 162 Å². The summed E-state index contributed by atoms with van der Waals surface area (Å²) < 4.78 is 1.73. The largest absolute Gasteiger partial charge is 0.395 e. The quantitative estimate of drug-likeness (QED) is 0.642. The van der Waals surface area contributed by atoms with Crippen LogP contribution in [0.1, 0.15) is 23.7 Å². The summed E-state index contributed by atoms with van der Waals surface area (Å²) in [4.78, 5) is 8.91. The van der Waals surface area contributed by atoms with Crippen molar-refractivity contribution < 1.29 is 5.11 Å². The van der Waals surface area contributed by atoms with Gasteiger partial charge in [-0.3, -0.25) is 4.68 Å². The molecule has 1 aromatic carbocycles. The van der Waals surface area contributed by atoms with Gasteiger partial charge in [-0.2, -0.15) is 10.4 Å². The molecule has 3 heterocycles. The monoisotopic (exact) mass is 375 g/mol. The number of hydrogen-bond acceptors (Lipinski definition) is 7. The molecule has 0 bridgehead atoms. The van der Waals surface area contributed by atoms with Gasteiger partial charge in [0.25, 0.3) is 0 Å². The van der Waals surface area contributed by atoms with Crippen LogP contribution in [0, 0.1) is 18.3 Å². The number of aliphatic hydroxyl groups is 1. The average Bonchev–Trinajstić information content (AvgIpc) is 3.20. The Kier molecular flexibility index (Phi) is 4.24. The van der Waals surface area contributed by atoms with Crippen LogP contribution in [-0.4, -0.2) is 38.0 Å². The minimum atomic E-state index is -0.433. The Hall–Kier alpha value is -3.44. The zero-order chi connectivity index (χ0) is 19.9. The molecule has 8 nitrogen and oxygen atoms in total. The Balaban J connectivity index is 1.75. The van der Waals surface area contributed by atoms with E-state index in [1.54, 1.807) is 10.9 Å². The van der Waals surface area contributed by atoms with E-state index in [9.17, 15) is 10.4 Å². The van der Waals surface area contributed by atoms with Crippen molar-refractivity contribution in [1.29, 1.82) is 5.26 Å². The minimum Gasteiger partial charge on any atom is -0.395 e. The standard InChI is InChI=1S/C20H21N7O/c1-12-17(9-27(3)26-12)25-19-22-5-4-16(24-19)13-6-14(8-21)18-15(7-13)20(2,11-28)10-23-18/h4-7,9,23,28H,10-11H2,1-3H3,(H,22,24,25). The molecule has 0 saturated carbocycles. The zero-order valence-corrected chi connectivity index (χ0v) is 16.0. The fourth-order valence-corrected chi connectivity index (χ4v) is 3.49. The lowest BCUT2D eigenvalue weighted by atomic mass is 9.83. The Morgan fingerprint density at radius 2 is 2.25 bits per heavy atom. The van der Waals surface area contributed by atoms with Gasteiger partial charge in [0.1, 0.15) is 6.07 Å². The third kappa shape index (κ3) is 2.96. The predicted molar refractivity (Wildman–Crippen MR) is 106 cm³/mol. The average molecular weight is 375 g/mol. The van der Waals surface area contributed by atoms with Crippen molar-refractivity contribution in [3.63, 3.8) is 0 Å². The minimum absolute atomic E-state index is 0.00180. The van der Waals surface area contributed by atoms with Crippen molar-refractivity contribution >= 4 is 17.3 Å². The molecule has 3 aromatic rings. The summed E-state index contributed by atoms with van der Waals surface area (Å²) in [5, 5.41) is 30.2. The number of fused-ring (bicyclic) bond motifs is 1. The Morgan fingerprint density at radius 3 is 2.93 bits per heavy atom. The van der Waals surface area contributed by atoms with E-state index < -0.39 is 5.41 Å². The smallest absolute Gasteiger partial charge is 0.227 e. The van der Waals surface area contributed by atoms with Crippen LogP contribution in [0.25, 0.3) is 11.3 Å². The number of hydrogen-bond donors (Lipinski definition) is 3. The fraction of sp³-hybridized carbons (Fsp3) is 0.300. The van der Waals surface area contributed by atoms with Crippen LogP contribution in [0.5, 0.6) is 0 Å². The van der Waals surface area contributed by atoms with Crippen molar-refractivity contribution in [3.8, 4) is 17.3 Å². The van der Waals surface area contributed by atoms with E-state index in [4.69, 9.17) is 0 Å². The van der Waals surface area contributed by atoms with E-state index in [1.165, 1.54) is 0 Å². The van der Waals surface area contributed by atoms with E-state index in [0.717, 1.165) is 28.2 Å². The van der Waals surface area contributed by atoms with Crippen molar-refractivity contribution in [2.24, 2.45) is 7.05 Å². The number of nitrogens with one attached hydrogen (secondary N) is 2. The topological polar surface area (TPSA) is 112 Å². The highest BCUT2D eigenvalue weighted by Crippen LogP contribution is 2.41. The second-order valence-electron chi connectivity index (χ2n) is 7.32. The van der Waals surface area contributed by atoms with Gasteiger partial charge in [0.05, 0.1) is 34.9 Å². The van der Waals surface area contributed by atoms with Gasteiger partial charge in [-0.25, -0.2) is 9.97 Å². The highest BCUT2D eigenvalue weighted by molar-refractivity contribution is 5.76. The van der Waals surface area contributed by atoms with Crippen molar-refractivity contribution in [1.82, 2.24) is 19.7 Å². The molecule has 0 aliphatic carbocycles. The van der Waals surface area contributed by atoms with E-state index in [0.29, 0.717) is 23.8 Å². The third-order valence-corrected chi connectivity index (χ3v) is 5.12. The molecule has 1 aliphatic heterocycles. The molecule has 0 amide bonds. The van der Waals surface area contributed by atoms with Crippen molar-refractivity contribution in [2.75, 3.05) is 23.8 Å². The zero-order valence-electron chi connectivity index (χ0n) is 16.0. The SMILES string of the molecule is Cc1nn(C)cc1Nc1nccc(-c2cc(C#N)c3c(c2)C(C)(CO)CN3)n1. The molecule has 1 atom stereocenters. The molecule has 1 unspecified atom stereocenters. The molecule has 28 heavy (non-hydrogen) atoms. The van der Waals surface area contributed by atoms with Crippen molar-refractivity contribution in [3.05, 3.63) is 47.4 Å². The Bertz CT molecular complexity index is 1100. The molecular formula is C20H21N7O. The molecule has 1 aliphatic rings. The molecule has 142 valence electrons. The second kappa shape index (κ2) is 6.62. The number of aromatic nitrogens is 4. The van der Waals surface area contributed by atoms with Gasteiger partial charge >= 0.3 is 0 Å². The maximum atomic E-state index is 9.87. The van der Waals surface area contributed by atoms with Crippen molar-refractivity contribution in [2.45, 2.75) is 19.3 Å². The summed E-state index contributed by atoms with van der Waals surface area (Å²) in [5.74, 6) is 0.454. The van der Waals surface area contributed by atoms with E-state index in [2.05, 4.69) is 31.8 Å². The maximum absolute atomic E-state index is 9.87. The van der Waals surface area contributed by atoms with Gasteiger partial charge in [-0.15, -0.1) is 0 Å². The number of rotatable bonds is 4. The summed E-state index contributed by atoms with van der Waals surface area (Å²) in [7, 11) is 1.86. The number of nitriles is 1. The Morgan fingerprint density at radius 1 is 1.43 bits per heavy atom. The lowest BCUT2D eigenvalue weighted by Crippen LogP contribution is -2.28. The van der Waals surface area contributed by atoms with Gasteiger partial charge in [0, 0.05) is 37.0 Å². The van der Waals surface area contributed by atoms with E-state index >= 15 is 0 Å². The fourth-order valence-electron chi connectivity index (χ4n) is 3.49. The lowest BCUT2D eigenvalue weighted by molar-refractivity contribution is 0.219. The van der Waals surface area contributed by atoms with Crippen LogP contribution in [0.4, 0.5) is 17.3 Å². The second-order valence-corrected chi connectivity index (χ2v) is 7.32. The van der Waals surface area contributed by atoms with Crippen LogP contribution in [0.15, 0.2) is 30.6 Å². The summed E-state index contributed by atoms with van der Waals surface area (Å²) >= 11 is 0. The van der Waals surface area contributed by atoms with Crippen LogP contribution in [0.2, 0.25) is 0 Å². The van der Waals surface area contributed by atoms with Gasteiger partial charge in [0.2, 0.25) is 5.95 Å². The highest BCUT2D eigenvalue weighted by Gasteiger charge is 2.35. The number of aryl methyl sites for hydroxylation is 2. The number of aliphatic hydroxyl groups excluding tert-OH is 1. The molecule has 0 fully saturated rings. The molecule has 4 rings (SSSR count). The molecule has 0 spiro atoms. The van der Waals surface area contributed by atoms with Gasteiger partial charge in [-0.1, -0.05) is 6.92 Å². The first-order chi connectivity index (χ1) is 13.4. The van der Waals surface area contributed by atoms with Crippen LogP contribution in [0.3, 0.4) is 0 Å². The molecular weight excluding hydrogens is 354 g/mol. The van der Waals surface area contributed by atoms with E-state index in [1.807, 2.05) is 45.3 Å². The maximum Gasteiger partial charge on any atom is 0.227 e. The molecule has 0 radical (unpaired) electrons. The van der Waals surface area contributed by atoms with Gasteiger partial charge in [0.15, 0.2) is 0 Å². The van der Waals surface area contributed by atoms with Crippen LogP contribution < -0.4 is 10.6 Å². The van der Waals surface area contributed by atoms with E-state index in [-0.39, 0.29) is 6.61 Å². The van der Waals surface area contributed by atoms with Gasteiger partial charge < -0.3 is 15.7 Å². The molecule has 0 saturated heterocycles. The molecule has 3 N–H and O–H groups in total. The first-order valence-corrected chi connectivity index (χ1v) is 8.97. The number of anilines is 3. The molecule has 8 heteroatoms. The number of benzene rings is 1. The van der Waals surface area contributed by atoms with Crippen LogP contribution in [-0.2, 0) is 12.5 Å². The third-order valence-electron chi connectivity index (χ3n) is 5.12. The summed E-state index contributed by atoms with van der Waals surface area (Å²) in [6.07, 6.45) is 3.55. The summed E-state index contributed by atoms with van der Waals surface area (Å²) in [6.45, 7) is 4.48.